The third-order valence-corrected chi connectivity index (χ3v) is 3.03. The van der Waals surface area contributed by atoms with Crippen molar-refractivity contribution in [1.82, 2.24) is 10.6 Å². The summed E-state index contributed by atoms with van der Waals surface area (Å²) in [5.41, 5.74) is -0.234. The minimum Gasteiger partial charge on any atom is -0.348 e. The maximum Gasteiger partial charge on any atom is 0.282 e. The summed E-state index contributed by atoms with van der Waals surface area (Å²) >= 11 is 5.77. The first kappa shape index (κ1) is 12.8. The zero-order valence-electron chi connectivity index (χ0n) is 9.48. The molecule has 0 aliphatic carbocycles. The van der Waals surface area contributed by atoms with E-state index in [4.69, 9.17) is 11.6 Å². The topological polar surface area (TPSA) is 84.3 Å². The smallest absolute Gasteiger partial charge is 0.282 e. The molecule has 0 radical (unpaired) electrons. The molecular weight excluding hydrogens is 258 g/mol. The summed E-state index contributed by atoms with van der Waals surface area (Å²) in [5, 5.41) is 17.0. The lowest BCUT2D eigenvalue weighted by molar-refractivity contribution is -0.385. The maximum absolute atomic E-state index is 12.0. The number of nitro groups is 1. The van der Waals surface area contributed by atoms with Gasteiger partial charge < -0.3 is 10.6 Å². The van der Waals surface area contributed by atoms with E-state index in [1.54, 1.807) is 0 Å². The molecule has 1 aliphatic rings. The fourth-order valence-corrected chi connectivity index (χ4v) is 2.06. The van der Waals surface area contributed by atoms with E-state index in [9.17, 15) is 14.9 Å². The Hall–Kier alpha value is -1.66. The summed E-state index contributed by atoms with van der Waals surface area (Å²) in [4.78, 5) is 22.2. The van der Waals surface area contributed by atoms with E-state index in [1.807, 2.05) is 0 Å². The maximum atomic E-state index is 12.0. The molecule has 18 heavy (non-hydrogen) atoms. The van der Waals surface area contributed by atoms with Crippen molar-refractivity contribution < 1.29 is 9.72 Å². The Morgan fingerprint density at radius 2 is 2.33 bits per heavy atom. The summed E-state index contributed by atoms with van der Waals surface area (Å²) in [6.45, 7) is 1.52. The van der Waals surface area contributed by atoms with E-state index in [0.717, 1.165) is 13.0 Å². The Labute approximate surface area is 108 Å². The summed E-state index contributed by atoms with van der Waals surface area (Å²) in [5.74, 6) is -0.460. The van der Waals surface area contributed by atoms with E-state index >= 15 is 0 Å². The van der Waals surface area contributed by atoms with Crippen molar-refractivity contribution in [2.24, 2.45) is 0 Å². The SMILES string of the molecule is O=C(NC1CCNC1)c1cc(Cl)ccc1[N+](=O)[O-]. The average molecular weight is 270 g/mol. The van der Waals surface area contributed by atoms with Gasteiger partial charge in [-0.2, -0.15) is 0 Å². The van der Waals surface area contributed by atoms with E-state index < -0.39 is 10.8 Å². The predicted octanol–water partition coefficient (Wildman–Crippen LogP) is 1.34. The minimum atomic E-state index is -0.585. The van der Waals surface area contributed by atoms with Crippen molar-refractivity contribution in [3.63, 3.8) is 0 Å². The van der Waals surface area contributed by atoms with Gasteiger partial charge in [0.2, 0.25) is 0 Å². The van der Waals surface area contributed by atoms with Crippen LogP contribution in [0.3, 0.4) is 0 Å². The van der Waals surface area contributed by atoms with E-state index in [2.05, 4.69) is 10.6 Å². The van der Waals surface area contributed by atoms with Crippen LogP contribution in [0.15, 0.2) is 18.2 Å². The molecule has 96 valence electrons. The van der Waals surface area contributed by atoms with Crippen LogP contribution in [0.25, 0.3) is 0 Å². The number of hydrogen-bond donors (Lipinski definition) is 2. The Morgan fingerprint density at radius 3 is 2.94 bits per heavy atom. The molecule has 0 aromatic heterocycles. The van der Waals surface area contributed by atoms with Crippen LogP contribution in [0.5, 0.6) is 0 Å². The van der Waals surface area contributed by atoms with Crippen LogP contribution >= 0.6 is 11.6 Å². The first-order valence-corrected chi connectivity index (χ1v) is 5.91. The molecule has 1 aliphatic heterocycles. The Morgan fingerprint density at radius 1 is 1.56 bits per heavy atom. The number of carbonyl (C=O) groups is 1. The molecule has 1 saturated heterocycles. The minimum absolute atomic E-state index is 0.000556. The van der Waals surface area contributed by atoms with Gasteiger partial charge in [0.1, 0.15) is 5.56 Å². The standard InChI is InChI=1S/C11H12ClN3O3/c12-7-1-2-10(15(17)18)9(5-7)11(16)14-8-3-4-13-6-8/h1-2,5,8,13H,3-4,6H2,(H,14,16). The van der Waals surface area contributed by atoms with Crippen molar-refractivity contribution in [3.8, 4) is 0 Å². The lowest BCUT2D eigenvalue weighted by Crippen LogP contribution is -2.36. The number of halogens is 1. The van der Waals surface area contributed by atoms with Gasteiger partial charge in [-0.25, -0.2) is 0 Å². The number of benzene rings is 1. The second kappa shape index (κ2) is 5.32. The van der Waals surface area contributed by atoms with Gasteiger partial charge in [0.05, 0.1) is 4.92 Å². The Kier molecular flexibility index (Phi) is 3.78. The monoisotopic (exact) mass is 269 g/mol. The number of amides is 1. The predicted molar refractivity (Wildman–Crippen MR) is 66.8 cm³/mol. The molecule has 0 bridgehead atoms. The second-order valence-electron chi connectivity index (χ2n) is 4.08. The van der Waals surface area contributed by atoms with Crippen molar-refractivity contribution in [2.45, 2.75) is 12.5 Å². The first-order valence-electron chi connectivity index (χ1n) is 5.53. The highest BCUT2D eigenvalue weighted by Gasteiger charge is 2.23. The van der Waals surface area contributed by atoms with Crippen molar-refractivity contribution in [1.29, 1.82) is 0 Å². The quantitative estimate of drug-likeness (QED) is 0.641. The molecule has 1 amide bonds. The highest BCUT2D eigenvalue weighted by atomic mass is 35.5. The zero-order valence-corrected chi connectivity index (χ0v) is 10.2. The molecule has 6 nitrogen and oxygen atoms in total. The van der Waals surface area contributed by atoms with Crippen molar-refractivity contribution in [3.05, 3.63) is 38.9 Å². The molecule has 1 heterocycles. The Balaban J connectivity index is 2.22. The van der Waals surface area contributed by atoms with E-state index in [1.165, 1.54) is 18.2 Å². The largest absolute Gasteiger partial charge is 0.348 e. The first-order chi connectivity index (χ1) is 8.58. The Bertz CT molecular complexity index is 486. The molecule has 2 N–H and O–H groups in total. The molecule has 0 saturated carbocycles. The number of hydrogen-bond acceptors (Lipinski definition) is 4. The molecule has 1 atom stereocenters. The van der Waals surface area contributed by atoms with Crippen LogP contribution in [0.4, 0.5) is 5.69 Å². The average Bonchev–Trinajstić information content (AvgIpc) is 2.81. The molecule has 1 unspecified atom stereocenters. The number of rotatable bonds is 3. The van der Waals surface area contributed by atoms with Gasteiger partial charge >= 0.3 is 0 Å². The van der Waals surface area contributed by atoms with Crippen LogP contribution in [0.2, 0.25) is 5.02 Å². The normalized spacial score (nSPS) is 18.6. The number of carbonyl (C=O) groups excluding carboxylic acids is 1. The van der Waals surface area contributed by atoms with Crippen LogP contribution in [0, 0.1) is 10.1 Å². The lowest BCUT2D eigenvalue weighted by Gasteiger charge is -2.11. The summed E-state index contributed by atoms with van der Waals surface area (Å²) in [7, 11) is 0. The fraction of sp³-hybridized carbons (Fsp3) is 0.364. The number of nitrogens with one attached hydrogen (secondary N) is 2. The van der Waals surface area contributed by atoms with Crippen LogP contribution in [-0.4, -0.2) is 30.0 Å². The van der Waals surface area contributed by atoms with Crippen LogP contribution < -0.4 is 10.6 Å². The highest BCUT2D eigenvalue weighted by Crippen LogP contribution is 2.22. The van der Waals surface area contributed by atoms with Gasteiger partial charge in [-0.3, -0.25) is 14.9 Å². The van der Waals surface area contributed by atoms with Gasteiger partial charge in [-0.05, 0) is 25.1 Å². The summed E-state index contributed by atoms with van der Waals surface area (Å²) < 4.78 is 0. The molecular formula is C11H12ClN3O3. The number of nitro benzene ring substituents is 1. The molecule has 2 rings (SSSR count). The van der Waals surface area contributed by atoms with Gasteiger partial charge in [0.25, 0.3) is 11.6 Å². The van der Waals surface area contributed by atoms with Gasteiger partial charge in [0, 0.05) is 23.7 Å². The van der Waals surface area contributed by atoms with Gasteiger partial charge in [0.15, 0.2) is 0 Å². The summed E-state index contributed by atoms with van der Waals surface area (Å²) in [6, 6.07) is 3.96. The molecule has 1 aromatic carbocycles. The molecule has 1 aromatic rings. The van der Waals surface area contributed by atoms with Crippen molar-refractivity contribution >= 4 is 23.2 Å². The van der Waals surface area contributed by atoms with Gasteiger partial charge in [-0.1, -0.05) is 11.6 Å². The van der Waals surface area contributed by atoms with E-state index in [-0.39, 0.29) is 17.3 Å². The highest BCUT2D eigenvalue weighted by molar-refractivity contribution is 6.31. The molecule has 7 heteroatoms. The van der Waals surface area contributed by atoms with Gasteiger partial charge in [-0.15, -0.1) is 0 Å². The second-order valence-corrected chi connectivity index (χ2v) is 4.52. The summed E-state index contributed by atoms with van der Waals surface area (Å²) in [6.07, 6.45) is 0.820. The van der Waals surface area contributed by atoms with Crippen LogP contribution in [0.1, 0.15) is 16.8 Å². The molecule has 0 spiro atoms. The third kappa shape index (κ3) is 2.77. The molecule has 1 fully saturated rings. The van der Waals surface area contributed by atoms with E-state index in [0.29, 0.717) is 11.6 Å². The fourth-order valence-electron chi connectivity index (χ4n) is 1.89. The lowest BCUT2D eigenvalue weighted by atomic mass is 10.1. The third-order valence-electron chi connectivity index (χ3n) is 2.80. The van der Waals surface area contributed by atoms with Crippen molar-refractivity contribution in [2.75, 3.05) is 13.1 Å². The zero-order chi connectivity index (χ0) is 13.1. The number of nitrogens with zero attached hydrogens (tertiary/aromatic N) is 1. The van der Waals surface area contributed by atoms with Crippen LogP contribution in [-0.2, 0) is 0 Å².